The summed E-state index contributed by atoms with van der Waals surface area (Å²) in [6, 6.07) is 8.87. The zero-order valence-electron chi connectivity index (χ0n) is 10.7. The Hall–Kier alpha value is -1.06. The molecule has 2 N–H and O–H groups in total. The van der Waals surface area contributed by atoms with Gasteiger partial charge in [0.05, 0.1) is 6.10 Å². The van der Waals surface area contributed by atoms with Crippen molar-refractivity contribution in [3.8, 4) is 5.75 Å². The fourth-order valence-corrected chi connectivity index (χ4v) is 2.10. The highest BCUT2D eigenvalue weighted by Crippen LogP contribution is 2.19. The number of ether oxygens (including phenoxy) is 1. The van der Waals surface area contributed by atoms with Gasteiger partial charge in [-0.15, -0.1) is 0 Å². The molecule has 0 bridgehead atoms. The molecule has 1 heterocycles. The van der Waals surface area contributed by atoms with E-state index < -0.39 is 0 Å². The Kier molecular flexibility index (Phi) is 4.40. The summed E-state index contributed by atoms with van der Waals surface area (Å²) < 4.78 is 5.80. The van der Waals surface area contributed by atoms with Crippen molar-refractivity contribution in [1.29, 1.82) is 0 Å². The van der Waals surface area contributed by atoms with Crippen LogP contribution in [-0.2, 0) is 6.54 Å². The molecule has 1 aromatic rings. The van der Waals surface area contributed by atoms with Crippen LogP contribution in [0.5, 0.6) is 5.75 Å². The van der Waals surface area contributed by atoms with E-state index in [4.69, 9.17) is 4.74 Å². The van der Waals surface area contributed by atoms with Crippen LogP contribution in [0.2, 0.25) is 0 Å². The number of hydrogen-bond acceptors (Lipinski definition) is 3. The zero-order chi connectivity index (χ0) is 12.1. The molecule has 1 aliphatic rings. The molecule has 1 fully saturated rings. The van der Waals surface area contributed by atoms with E-state index in [2.05, 4.69) is 36.6 Å². The highest BCUT2D eigenvalue weighted by Gasteiger charge is 2.14. The van der Waals surface area contributed by atoms with E-state index in [1.807, 2.05) is 12.1 Å². The lowest BCUT2D eigenvalue weighted by molar-refractivity contribution is 0.239. The largest absolute Gasteiger partial charge is 0.491 e. The first kappa shape index (κ1) is 12.4. The van der Waals surface area contributed by atoms with E-state index in [-0.39, 0.29) is 6.10 Å². The lowest BCUT2D eigenvalue weighted by atomic mass is 10.1. The summed E-state index contributed by atoms with van der Waals surface area (Å²) in [4.78, 5) is 0. The minimum atomic E-state index is 0.226. The first-order chi connectivity index (χ1) is 8.25. The fourth-order valence-electron chi connectivity index (χ4n) is 2.10. The topological polar surface area (TPSA) is 33.3 Å². The van der Waals surface area contributed by atoms with Crippen molar-refractivity contribution in [3.63, 3.8) is 0 Å². The average Bonchev–Trinajstić information content (AvgIpc) is 2.80. The van der Waals surface area contributed by atoms with Crippen molar-refractivity contribution in [3.05, 3.63) is 29.8 Å². The predicted octanol–water partition coefficient (Wildman–Crippen LogP) is 1.93. The van der Waals surface area contributed by atoms with Crippen LogP contribution in [0.3, 0.4) is 0 Å². The van der Waals surface area contributed by atoms with Gasteiger partial charge in [-0.1, -0.05) is 18.2 Å². The van der Waals surface area contributed by atoms with E-state index in [9.17, 15) is 0 Å². The third-order valence-electron chi connectivity index (χ3n) is 2.98. The first-order valence-electron chi connectivity index (χ1n) is 6.44. The van der Waals surface area contributed by atoms with Crippen LogP contribution < -0.4 is 15.4 Å². The average molecular weight is 234 g/mol. The van der Waals surface area contributed by atoms with Gasteiger partial charge < -0.3 is 15.4 Å². The van der Waals surface area contributed by atoms with Gasteiger partial charge in [-0.2, -0.15) is 0 Å². The second-order valence-electron chi connectivity index (χ2n) is 4.84. The standard InChI is InChI=1S/C14H22N2O/c1-11(2)17-14-6-4-3-5-12(14)9-16-13-7-8-15-10-13/h3-6,11,13,15-16H,7-10H2,1-2H3. The van der Waals surface area contributed by atoms with Gasteiger partial charge in [0, 0.05) is 24.7 Å². The molecule has 0 aromatic heterocycles. The Bertz CT molecular complexity index is 346. The second-order valence-corrected chi connectivity index (χ2v) is 4.84. The number of benzene rings is 1. The van der Waals surface area contributed by atoms with Crippen LogP contribution >= 0.6 is 0 Å². The summed E-state index contributed by atoms with van der Waals surface area (Å²) in [5.41, 5.74) is 1.24. The molecular weight excluding hydrogens is 212 g/mol. The zero-order valence-corrected chi connectivity index (χ0v) is 10.7. The highest BCUT2D eigenvalue weighted by molar-refractivity contribution is 5.33. The maximum Gasteiger partial charge on any atom is 0.124 e. The Morgan fingerprint density at radius 2 is 2.24 bits per heavy atom. The molecule has 94 valence electrons. The molecule has 1 aromatic carbocycles. The third-order valence-corrected chi connectivity index (χ3v) is 2.98. The molecule has 0 saturated carbocycles. The molecule has 0 amide bonds. The van der Waals surface area contributed by atoms with Gasteiger partial charge in [-0.3, -0.25) is 0 Å². The van der Waals surface area contributed by atoms with Crippen molar-refractivity contribution in [2.45, 2.75) is 39.0 Å². The number of rotatable bonds is 5. The van der Waals surface area contributed by atoms with Gasteiger partial charge in [0.25, 0.3) is 0 Å². The lowest BCUT2D eigenvalue weighted by Gasteiger charge is -2.16. The molecule has 0 aliphatic carbocycles. The molecule has 1 atom stereocenters. The Balaban J connectivity index is 1.94. The number of hydrogen-bond donors (Lipinski definition) is 2. The van der Waals surface area contributed by atoms with Gasteiger partial charge in [0.15, 0.2) is 0 Å². The summed E-state index contributed by atoms with van der Waals surface area (Å²) in [6.45, 7) is 7.21. The summed E-state index contributed by atoms with van der Waals surface area (Å²) in [7, 11) is 0. The van der Waals surface area contributed by atoms with Gasteiger partial charge in [-0.05, 0) is 32.9 Å². The molecule has 2 rings (SSSR count). The summed E-state index contributed by atoms with van der Waals surface area (Å²) in [6.07, 6.45) is 1.44. The van der Waals surface area contributed by atoms with Crippen LogP contribution in [0.15, 0.2) is 24.3 Å². The molecule has 0 radical (unpaired) electrons. The van der Waals surface area contributed by atoms with Crippen LogP contribution in [0.4, 0.5) is 0 Å². The van der Waals surface area contributed by atoms with E-state index >= 15 is 0 Å². The first-order valence-corrected chi connectivity index (χ1v) is 6.44. The number of nitrogens with one attached hydrogen (secondary N) is 2. The molecule has 0 spiro atoms. The lowest BCUT2D eigenvalue weighted by Crippen LogP contribution is -2.30. The maximum atomic E-state index is 5.80. The predicted molar refractivity (Wildman–Crippen MR) is 70.3 cm³/mol. The van der Waals surface area contributed by atoms with Gasteiger partial charge in [0.2, 0.25) is 0 Å². The van der Waals surface area contributed by atoms with Crippen LogP contribution in [0, 0.1) is 0 Å². The van der Waals surface area contributed by atoms with Crippen molar-refractivity contribution in [2.24, 2.45) is 0 Å². The van der Waals surface area contributed by atoms with E-state index in [0.717, 1.165) is 25.4 Å². The van der Waals surface area contributed by atoms with Gasteiger partial charge in [0.1, 0.15) is 5.75 Å². The Morgan fingerprint density at radius 3 is 2.94 bits per heavy atom. The van der Waals surface area contributed by atoms with Crippen LogP contribution in [0.1, 0.15) is 25.8 Å². The minimum Gasteiger partial charge on any atom is -0.491 e. The molecule has 17 heavy (non-hydrogen) atoms. The molecule has 1 saturated heterocycles. The normalized spacial score (nSPS) is 19.8. The third kappa shape index (κ3) is 3.72. The summed E-state index contributed by atoms with van der Waals surface area (Å²) in [5, 5.41) is 6.93. The van der Waals surface area contributed by atoms with Crippen molar-refractivity contribution >= 4 is 0 Å². The van der Waals surface area contributed by atoms with Crippen molar-refractivity contribution < 1.29 is 4.74 Å². The van der Waals surface area contributed by atoms with E-state index in [1.54, 1.807) is 0 Å². The summed E-state index contributed by atoms with van der Waals surface area (Å²) >= 11 is 0. The van der Waals surface area contributed by atoms with Gasteiger partial charge in [-0.25, -0.2) is 0 Å². The second kappa shape index (κ2) is 6.03. The quantitative estimate of drug-likeness (QED) is 0.816. The van der Waals surface area contributed by atoms with Crippen LogP contribution in [0.25, 0.3) is 0 Å². The van der Waals surface area contributed by atoms with Crippen molar-refractivity contribution in [2.75, 3.05) is 13.1 Å². The monoisotopic (exact) mass is 234 g/mol. The number of para-hydroxylation sites is 1. The SMILES string of the molecule is CC(C)Oc1ccccc1CNC1CCNC1. The van der Waals surface area contributed by atoms with E-state index in [1.165, 1.54) is 12.0 Å². The van der Waals surface area contributed by atoms with Gasteiger partial charge >= 0.3 is 0 Å². The maximum absolute atomic E-state index is 5.80. The highest BCUT2D eigenvalue weighted by atomic mass is 16.5. The molecule has 3 heteroatoms. The molecule has 3 nitrogen and oxygen atoms in total. The molecule has 1 aliphatic heterocycles. The molecular formula is C14H22N2O. The summed E-state index contributed by atoms with van der Waals surface area (Å²) in [5.74, 6) is 1.00. The van der Waals surface area contributed by atoms with Crippen LogP contribution in [-0.4, -0.2) is 25.2 Å². The van der Waals surface area contributed by atoms with Crippen molar-refractivity contribution in [1.82, 2.24) is 10.6 Å². The smallest absolute Gasteiger partial charge is 0.124 e. The fraction of sp³-hybridized carbons (Fsp3) is 0.571. The Morgan fingerprint density at radius 1 is 1.41 bits per heavy atom. The molecule has 1 unspecified atom stereocenters. The van der Waals surface area contributed by atoms with E-state index in [0.29, 0.717) is 6.04 Å². The minimum absolute atomic E-state index is 0.226. The Labute approximate surface area is 104 Å².